The molecule has 0 radical (unpaired) electrons. The lowest BCUT2D eigenvalue weighted by molar-refractivity contribution is -0.116. The van der Waals surface area contributed by atoms with Gasteiger partial charge >= 0.3 is 0 Å². The number of hydrogen-bond donors (Lipinski definition) is 0. The van der Waals surface area contributed by atoms with Gasteiger partial charge in [-0.1, -0.05) is 87.0 Å². The van der Waals surface area contributed by atoms with E-state index in [-0.39, 0.29) is 10.8 Å². The predicted molar refractivity (Wildman–Crippen MR) is 115 cm³/mol. The molecular formula is C24H30O2Si. The van der Waals surface area contributed by atoms with Crippen LogP contribution in [0.25, 0.3) is 0 Å². The SMILES string of the molecule is CC1=C(CO[Si](c2ccccc2)(c2ccccc2)C(C)(C)C)C(=O)CCC1. The monoisotopic (exact) mass is 378 g/mol. The third-order valence-electron chi connectivity index (χ3n) is 5.66. The zero-order valence-corrected chi connectivity index (χ0v) is 17.9. The van der Waals surface area contributed by atoms with Crippen LogP contribution in [-0.4, -0.2) is 20.7 Å². The molecule has 0 aliphatic heterocycles. The Hall–Kier alpha value is -1.97. The lowest BCUT2D eigenvalue weighted by Gasteiger charge is -2.43. The van der Waals surface area contributed by atoms with Gasteiger partial charge in [-0.3, -0.25) is 4.79 Å². The fraction of sp³-hybridized carbons (Fsp3) is 0.375. The lowest BCUT2D eigenvalue weighted by atomic mass is 9.92. The molecule has 2 aromatic rings. The molecule has 1 aliphatic carbocycles. The van der Waals surface area contributed by atoms with E-state index in [9.17, 15) is 4.79 Å². The van der Waals surface area contributed by atoms with E-state index in [0.717, 1.165) is 18.4 Å². The molecule has 2 nitrogen and oxygen atoms in total. The van der Waals surface area contributed by atoms with Crippen molar-refractivity contribution in [3.63, 3.8) is 0 Å². The molecule has 3 heteroatoms. The van der Waals surface area contributed by atoms with Crippen molar-refractivity contribution >= 4 is 24.5 Å². The van der Waals surface area contributed by atoms with Crippen molar-refractivity contribution in [3.8, 4) is 0 Å². The van der Waals surface area contributed by atoms with Gasteiger partial charge in [-0.25, -0.2) is 0 Å². The summed E-state index contributed by atoms with van der Waals surface area (Å²) < 4.78 is 6.91. The highest BCUT2D eigenvalue weighted by Crippen LogP contribution is 2.37. The molecule has 0 amide bonds. The summed E-state index contributed by atoms with van der Waals surface area (Å²) in [6.45, 7) is 9.30. The van der Waals surface area contributed by atoms with Crippen LogP contribution < -0.4 is 10.4 Å². The third kappa shape index (κ3) is 3.85. The molecule has 0 spiro atoms. The van der Waals surface area contributed by atoms with E-state index in [1.807, 2.05) is 12.1 Å². The first kappa shape index (κ1) is 19.8. The summed E-state index contributed by atoms with van der Waals surface area (Å²) in [7, 11) is -2.58. The molecule has 1 aliphatic rings. The third-order valence-corrected chi connectivity index (χ3v) is 10.6. The largest absolute Gasteiger partial charge is 0.403 e. The molecule has 27 heavy (non-hydrogen) atoms. The van der Waals surface area contributed by atoms with E-state index < -0.39 is 8.32 Å². The van der Waals surface area contributed by atoms with Gasteiger partial charge in [0.05, 0.1) is 6.61 Å². The number of carbonyl (C=O) groups is 1. The molecule has 142 valence electrons. The summed E-state index contributed by atoms with van der Waals surface area (Å²) in [4.78, 5) is 12.5. The van der Waals surface area contributed by atoms with Gasteiger partial charge < -0.3 is 4.43 Å². The number of hydrogen-bond acceptors (Lipinski definition) is 2. The Bertz CT molecular complexity index is 777. The smallest absolute Gasteiger partial charge is 0.261 e. The van der Waals surface area contributed by atoms with Crippen LogP contribution in [0.5, 0.6) is 0 Å². The quantitative estimate of drug-likeness (QED) is 0.709. The fourth-order valence-electron chi connectivity index (χ4n) is 4.20. The second kappa shape index (κ2) is 7.95. The summed E-state index contributed by atoms with van der Waals surface area (Å²) in [5.74, 6) is 0.261. The van der Waals surface area contributed by atoms with Gasteiger partial charge in [0.1, 0.15) is 0 Å². The molecule has 0 aromatic heterocycles. The van der Waals surface area contributed by atoms with E-state index in [2.05, 4.69) is 76.2 Å². The second-order valence-electron chi connectivity index (χ2n) is 8.49. The van der Waals surface area contributed by atoms with Crippen molar-refractivity contribution in [2.24, 2.45) is 0 Å². The van der Waals surface area contributed by atoms with Gasteiger partial charge in [-0.2, -0.15) is 0 Å². The number of carbonyl (C=O) groups excluding carboxylic acids is 1. The number of allylic oxidation sites excluding steroid dienone is 1. The van der Waals surface area contributed by atoms with E-state index in [1.54, 1.807) is 0 Å². The number of rotatable bonds is 5. The van der Waals surface area contributed by atoms with Crippen LogP contribution >= 0.6 is 0 Å². The molecule has 2 aromatic carbocycles. The molecule has 0 heterocycles. The minimum absolute atomic E-state index is 0.0676. The van der Waals surface area contributed by atoms with E-state index in [0.29, 0.717) is 13.0 Å². The Kier molecular flexibility index (Phi) is 5.83. The molecular weight excluding hydrogens is 348 g/mol. The standard InChI is InChI=1S/C24H30O2Si/c1-19-12-11-17-23(25)22(19)18-26-27(24(2,3)4,20-13-7-5-8-14-20)21-15-9-6-10-16-21/h5-10,13-16H,11-12,17-18H2,1-4H3. The van der Waals surface area contributed by atoms with Gasteiger partial charge in [0, 0.05) is 12.0 Å². The molecule has 0 unspecified atom stereocenters. The van der Waals surface area contributed by atoms with Crippen LogP contribution in [0.1, 0.15) is 47.0 Å². The maximum Gasteiger partial charge on any atom is 0.261 e. The number of benzene rings is 2. The minimum Gasteiger partial charge on any atom is -0.403 e. The summed E-state index contributed by atoms with van der Waals surface area (Å²) in [6, 6.07) is 21.2. The van der Waals surface area contributed by atoms with E-state index in [4.69, 9.17) is 4.43 Å². The lowest BCUT2D eigenvalue weighted by Crippen LogP contribution is -2.66. The fourth-order valence-corrected chi connectivity index (χ4v) is 8.72. The van der Waals surface area contributed by atoms with Crippen molar-refractivity contribution in [2.45, 2.75) is 52.0 Å². The first-order valence-corrected chi connectivity index (χ1v) is 11.7. The van der Waals surface area contributed by atoms with Crippen LogP contribution in [0.2, 0.25) is 5.04 Å². The van der Waals surface area contributed by atoms with Crippen molar-refractivity contribution in [1.82, 2.24) is 0 Å². The number of Topliss-reactive ketones (excluding diaryl/α,β-unsaturated/α-hetero) is 1. The Labute approximate surface area is 164 Å². The Balaban J connectivity index is 2.11. The normalized spacial score (nSPS) is 15.9. The van der Waals surface area contributed by atoms with Crippen LogP contribution in [0.3, 0.4) is 0 Å². The average molecular weight is 379 g/mol. The van der Waals surface area contributed by atoms with Crippen molar-refractivity contribution in [2.75, 3.05) is 6.61 Å². The van der Waals surface area contributed by atoms with Crippen LogP contribution in [-0.2, 0) is 9.22 Å². The van der Waals surface area contributed by atoms with Crippen LogP contribution in [0.15, 0.2) is 71.8 Å². The van der Waals surface area contributed by atoms with Crippen molar-refractivity contribution in [1.29, 1.82) is 0 Å². The van der Waals surface area contributed by atoms with E-state index >= 15 is 0 Å². The van der Waals surface area contributed by atoms with Crippen LogP contribution in [0.4, 0.5) is 0 Å². The van der Waals surface area contributed by atoms with Gasteiger partial charge in [0.15, 0.2) is 5.78 Å². The Morgan fingerprint density at radius 3 is 1.85 bits per heavy atom. The minimum atomic E-state index is -2.58. The maximum absolute atomic E-state index is 12.5. The van der Waals surface area contributed by atoms with Gasteiger partial charge in [-0.15, -0.1) is 0 Å². The zero-order chi connectivity index (χ0) is 19.5. The molecule has 0 saturated heterocycles. The summed E-state index contributed by atoms with van der Waals surface area (Å²) in [5, 5.41) is 2.44. The highest BCUT2D eigenvalue weighted by molar-refractivity contribution is 6.99. The summed E-state index contributed by atoms with van der Waals surface area (Å²) >= 11 is 0. The molecule has 0 fully saturated rings. The highest BCUT2D eigenvalue weighted by atomic mass is 28.4. The molecule has 0 N–H and O–H groups in total. The summed E-state index contributed by atoms with van der Waals surface area (Å²) in [5.41, 5.74) is 2.10. The Morgan fingerprint density at radius 2 is 1.41 bits per heavy atom. The molecule has 0 atom stereocenters. The Morgan fingerprint density at radius 1 is 0.889 bits per heavy atom. The molecule has 0 bridgehead atoms. The molecule has 3 rings (SSSR count). The molecule has 0 saturated carbocycles. The first-order valence-electron chi connectivity index (χ1n) is 9.83. The van der Waals surface area contributed by atoms with Gasteiger partial charge in [0.25, 0.3) is 8.32 Å². The highest BCUT2D eigenvalue weighted by Gasteiger charge is 2.50. The van der Waals surface area contributed by atoms with Gasteiger partial charge in [0.2, 0.25) is 0 Å². The summed E-state index contributed by atoms with van der Waals surface area (Å²) in [6.07, 6.45) is 2.62. The predicted octanol–water partition coefficient (Wildman–Crippen LogP) is 4.63. The second-order valence-corrected chi connectivity index (χ2v) is 12.8. The number of ketones is 1. The van der Waals surface area contributed by atoms with Gasteiger partial charge in [-0.05, 0) is 35.2 Å². The zero-order valence-electron chi connectivity index (χ0n) is 16.9. The maximum atomic E-state index is 12.5. The van der Waals surface area contributed by atoms with E-state index in [1.165, 1.54) is 15.9 Å². The van der Waals surface area contributed by atoms with Crippen LogP contribution in [0, 0.1) is 0 Å². The topological polar surface area (TPSA) is 26.3 Å². The van der Waals surface area contributed by atoms with Crippen molar-refractivity contribution in [3.05, 3.63) is 71.8 Å². The van der Waals surface area contributed by atoms with Crippen molar-refractivity contribution < 1.29 is 9.22 Å². The first-order chi connectivity index (χ1) is 12.9. The average Bonchev–Trinajstić information content (AvgIpc) is 2.65.